The van der Waals surface area contributed by atoms with Gasteiger partial charge in [0.2, 0.25) is 5.91 Å². The van der Waals surface area contributed by atoms with Crippen LogP contribution in [0.5, 0.6) is 0 Å². The molecule has 2 aromatic rings. The van der Waals surface area contributed by atoms with Gasteiger partial charge in [0.25, 0.3) is 0 Å². The summed E-state index contributed by atoms with van der Waals surface area (Å²) in [6.07, 6.45) is 1.53. The number of rotatable bonds is 6. The predicted octanol–water partition coefficient (Wildman–Crippen LogP) is 3.64. The first kappa shape index (κ1) is 18.5. The van der Waals surface area contributed by atoms with E-state index in [1.54, 1.807) is 0 Å². The first-order valence-electron chi connectivity index (χ1n) is 7.61. The van der Waals surface area contributed by atoms with Crippen molar-refractivity contribution in [3.05, 3.63) is 48.0 Å². The van der Waals surface area contributed by atoms with Crippen molar-refractivity contribution in [3.8, 4) is 0 Å². The molecule has 4 heteroatoms. The van der Waals surface area contributed by atoms with Crippen LogP contribution < -0.4 is 11.1 Å². The zero-order valence-corrected chi connectivity index (χ0v) is 14.1. The molecule has 0 atom stereocenters. The minimum absolute atomic E-state index is 0. The standard InChI is InChI=1S/C18H24N2O.ClH/c1-3-18(4-2,13-19)17(21)20-12-14-9-10-15-7-5-6-8-16(15)11-14;/h5-11H,3-4,12-13,19H2,1-2H3,(H,20,21);1H. The summed E-state index contributed by atoms with van der Waals surface area (Å²) >= 11 is 0. The molecule has 0 aliphatic heterocycles. The van der Waals surface area contributed by atoms with Gasteiger partial charge in [-0.1, -0.05) is 50.2 Å². The number of carbonyl (C=O) groups is 1. The molecule has 22 heavy (non-hydrogen) atoms. The molecule has 3 N–H and O–H groups in total. The molecule has 0 heterocycles. The van der Waals surface area contributed by atoms with Crippen LogP contribution in [-0.2, 0) is 11.3 Å². The minimum Gasteiger partial charge on any atom is -0.352 e. The van der Waals surface area contributed by atoms with E-state index in [0.717, 1.165) is 18.4 Å². The van der Waals surface area contributed by atoms with Crippen LogP contribution in [0.1, 0.15) is 32.3 Å². The Morgan fingerprint density at radius 3 is 2.32 bits per heavy atom. The average molecular weight is 321 g/mol. The number of fused-ring (bicyclic) bond motifs is 1. The molecule has 120 valence electrons. The van der Waals surface area contributed by atoms with E-state index in [2.05, 4.69) is 35.6 Å². The number of halogens is 1. The van der Waals surface area contributed by atoms with Gasteiger partial charge in [0.15, 0.2) is 0 Å². The number of benzene rings is 2. The molecule has 0 unspecified atom stereocenters. The maximum atomic E-state index is 12.4. The Morgan fingerprint density at radius 1 is 1.09 bits per heavy atom. The van der Waals surface area contributed by atoms with E-state index in [-0.39, 0.29) is 18.3 Å². The zero-order valence-electron chi connectivity index (χ0n) is 13.3. The van der Waals surface area contributed by atoms with Gasteiger partial charge in [-0.2, -0.15) is 0 Å². The lowest BCUT2D eigenvalue weighted by atomic mass is 9.81. The van der Waals surface area contributed by atoms with Crippen molar-refractivity contribution in [2.24, 2.45) is 11.1 Å². The summed E-state index contributed by atoms with van der Waals surface area (Å²) in [5, 5.41) is 5.45. The van der Waals surface area contributed by atoms with Crippen molar-refractivity contribution in [2.75, 3.05) is 6.54 Å². The van der Waals surface area contributed by atoms with E-state index in [0.29, 0.717) is 13.1 Å². The number of amides is 1. The third-order valence-corrected chi connectivity index (χ3v) is 4.49. The second-order valence-electron chi connectivity index (χ2n) is 5.56. The number of nitrogens with one attached hydrogen (secondary N) is 1. The SMILES string of the molecule is CCC(CC)(CN)C(=O)NCc1ccc2ccccc2c1.Cl. The lowest BCUT2D eigenvalue weighted by Gasteiger charge is -2.28. The van der Waals surface area contributed by atoms with Crippen LogP contribution in [0, 0.1) is 5.41 Å². The van der Waals surface area contributed by atoms with Gasteiger partial charge in [-0.05, 0) is 35.2 Å². The fourth-order valence-corrected chi connectivity index (χ4v) is 2.67. The van der Waals surface area contributed by atoms with Gasteiger partial charge >= 0.3 is 0 Å². The monoisotopic (exact) mass is 320 g/mol. The van der Waals surface area contributed by atoms with Gasteiger partial charge < -0.3 is 11.1 Å². The summed E-state index contributed by atoms with van der Waals surface area (Å²) in [4.78, 5) is 12.4. The summed E-state index contributed by atoms with van der Waals surface area (Å²) in [5.74, 6) is 0.0585. The first-order valence-corrected chi connectivity index (χ1v) is 7.61. The van der Waals surface area contributed by atoms with Crippen molar-refractivity contribution >= 4 is 29.1 Å². The molecule has 0 saturated heterocycles. The van der Waals surface area contributed by atoms with Crippen LogP contribution in [0.3, 0.4) is 0 Å². The molecule has 2 rings (SSSR count). The van der Waals surface area contributed by atoms with Gasteiger partial charge in [-0.3, -0.25) is 4.79 Å². The van der Waals surface area contributed by atoms with Gasteiger partial charge in [-0.25, -0.2) is 0 Å². The molecule has 3 nitrogen and oxygen atoms in total. The molecule has 0 radical (unpaired) electrons. The van der Waals surface area contributed by atoms with Crippen molar-refractivity contribution in [3.63, 3.8) is 0 Å². The molecule has 0 fully saturated rings. The third-order valence-electron chi connectivity index (χ3n) is 4.49. The van der Waals surface area contributed by atoms with Gasteiger partial charge in [0.1, 0.15) is 0 Å². The largest absolute Gasteiger partial charge is 0.352 e. The number of hydrogen-bond acceptors (Lipinski definition) is 2. The molecule has 0 aromatic heterocycles. The van der Waals surface area contributed by atoms with Crippen molar-refractivity contribution in [1.29, 1.82) is 0 Å². The lowest BCUT2D eigenvalue weighted by molar-refractivity contribution is -0.131. The van der Waals surface area contributed by atoms with Crippen LogP contribution in [0.25, 0.3) is 10.8 Å². The van der Waals surface area contributed by atoms with Crippen molar-refractivity contribution in [1.82, 2.24) is 5.32 Å². The molecular weight excluding hydrogens is 296 g/mol. The molecule has 0 saturated carbocycles. The van der Waals surface area contributed by atoms with Crippen LogP contribution >= 0.6 is 12.4 Å². The van der Waals surface area contributed by atoms with E-state index in [9.17, 15) is 4.79 Å². The normalized spacial score (nSPS) is 11.0. The summed E-state index contributed by atoms with van der Waals surface area (Å²) in [6.45, 7) is 4.98. The average Bonchev–Trinajstić information content (AvgIpc) is 2.55. The van der Waals surface area contributed by atoms with Crippen molar-refractivity contribution in [2.45, 2.75) is 33.2 Å². The van der Waals surface area contributed by atoms with Crippen LogP contribution in [0.2, 0.25) is 0 Å². The van der Waals surface area contributed by atoms with Crippen LogP contribution in [-0.4, -0.2) is 12.5 Å². The Labute approximate surface area is 138 Å². The van der Waals surface area contributed by atoms with E-state index >= 15 is 0 Å². The van der Waals surface area contributed by atoms with Gasteiger partial charge in [0, 0.05) is 13.1 Å². The Balaban J connectivity index is 0.00000242. The topological polar surface area (TPSA) is 55.1 Å². The third kappa shape index (κ3) is 3.79. The smallest absolute Gasteiger partial charge is 0.227 e. The van der Waals surface area contributed by atoms with Gasteiger partial charge in [0.05, 0.1) is 5.41 Å². The number of nitrogens with two attached hydrogens (primary N) is 1. The molecule has 0 spiro atoms. The Bertz CT molecular complexity index is 615. The van der Waals surface area contributed by atoms with Crippen LogP contribution in [0.15, 0.2) is 42.5 Å². The minimum atomic E-state index is -0.434. The quantitative estimate of drug-likeness (QED) is 0.853. The summed E-state index contributed by atoms with van der Waals surface area (Å²) in [5.41, 5.74) is 6.49. The molecule has 0 bridgehead atoms. The van der Waals surface area contributed by atoms with E-state index in [4.69, 9.17) is 5.73 Å². The second kappa shape index (κ2) is 8.16. The van der Waals surface area contributed by atoms with Crippen molar-refractivity contribution < 1.29 is 4.79 Å². The summed E-state index contributed by atoms with van der Waals surface area (Å²) in [7, 11) is 0. The predicted molar refractivity (Wildman–Crippen MR) is 95.1 cm³/mol. The Kier molecular flexibility index (Phi) is 6.85. The molecule has 2 aromatic carbocycles. The highest BCUT2D eigenvalue weighted by atomic mass is 35.5. The van der Waals surface area contributed by atoms with Crippen LogP contribution in [0.4, 0.5) is 0 Å². The summed E-state index contributed by atoms with van der Waals surface area (Å²) < 4.78 is 0. The zero-order chi connectivity index (χ0) is 15.3. The van der Waals surface area contributed by atoms with Gasteiger partial charge in [-0.15, -0.1) is 12.4 Å². The molecular formula is C18H25ClN2O. The van der Waals surface area contributed by atoms with E-state index < -0.39 is 5.41 Å². The molecule has 0 aliphatic carbocycles. The second-order valence-corrected chi connectivity index (χ2v) is 5.56. The van der Waals surface area contributed by atoms with E-state index in [1.807, 2.05) is 26.0 Å². The summed E-state index contributed by atoms with van der Waals surface area (Å²) in [6, 6.07) is 14.5. The first-order chi connectivity index (χ1) is 10.1. The maximum Gasteiger partial charge on any atom is 0.227 e. The molecule has 1 amide bonds. The highest BCUT2D eigenvalue weighted by Gasteiger charge is 2.32. The lowest BCUT2D eigenvalue weighted by Crippen LogP contribution is -2.45. The van der Waals surface area contributed by atoms with E-state index in [1.165, 1.54) is 10.8 Å². The fourth-order valence-electron chi connectivity index (χ4n) is 2.67. The highest BCUT2D eigenvalue weighted by Crippen LogP contribution is 2.25. The Hall–Kier alpha value is -1.58. The molecule has 0 aliphatic rings. The maximum absolute atomic E-state index is 12.4. The number of hydrogen-bond donors (Lipinski definition) is 2. The fraction of sp³-hybridized carbons (Fsp3) is 0.389. The Morgan fingerprint density at radius 2 is 1.73 bits per heavy atom. The number of carbonyl (C=O) groups excluding carboxylic acids is 1. The highest BCUT2D eigenvalue weighted by molar-refractivity contribution is 5.85.